The van der Waals surface area contributed by atoms with Crippen LogP contribution in [0.1, 0.15) is 29.3 Å². The SMILES string of the molecule is CCCN(c1cccnc1)c1cccc(NC(=O)c2cccc(C)c2)c1. The van der Waals surface area contributed by atoms with Gasteiger partial charge in [-0.15, -0.1) is 0 Å². The van der Waals surface area contributed by atoms with Gasteiger partial charge in [-0.2, -0.15) is 0 Å². The molecule has 0 bridgehead atoms. The number of benzene rings is 2. The fraction of sp³-hybridized carbons (Fsp3) is 0.182. The van der Waals surface area contributed by atoms with Crippen LogP contribution in [0.2, 0.25) is 0 Å². The Labute approximate surface area is 154 Å². The van der Waals surface area contributed by atoms with Crippen molar-refractivity contribution in [1.29, 1.82) is 0 Å². The summed E-state index contributed by atoms with van der Waals surface area (Å²) in [6.45, 7) is 5.00. The average Bonchev–Trinajstić information content (AvgIpc) is 2.67. The molecule has 0 aliphatic carbocycles. The second-order valence-electron chi connectivity index (χ2n) is 6.24. The largest absolute Gasteiger partial charge is 0.340 e. The van der Waals surface area contributed by atoms with E-state index in [9.17, 15) is 4.79 Å². The predicted molar refractivity (Wildman–Crippen MR) is 107 cm³/mol. The summed E-state index contributed by atoms with van der Waals surface area (Å²) in [5, 5.41) is 2.99. The predicted octanol–water partition coefficient (Wildman–Crippen LogP) is 5.19. The van der Waals surface area contributed by atoms with Crippen LogP contribution in [0, 0.1) is 6.92 Å². The number of carbonyl (C=O) groups excluding carboxylic acids is 1. The molecule has 0 saturated heterocycles. The minimum absolute atomic E-state index is 0.103. The van der Waals surface area contributed by atoms with Crippen molar-refractivity contribution in [2.75, 3.05) is 16.8 Å². The Kier molecular flexibility index (Phi) is 5.64. The standard InChI is InChI=1S/C22H23N3O/c1-3-13-25(21-11-6-12-23-16-21)20-10-5-9-19(15-20)24-22(26)18-8-4-7-17(2)14-18/h4-12,14-16H,3,13H2,1-2H3,(H,24,26). The van der Waals surface area contributed by atoms with Gasteiger partial charge in [-0.25, -0.2) is 0 Å². The summed E-state index contributed by atoms with van der Waals surface area (Å²) >= 11 is 0. The van der Waals surface area contributed by atoms with E-state index in [-0.39, 0.29) is 5.91 Å². The number of hydrogen-bond donors (Lipinski definition) is 1. The summed E-state index contributed by atoms with van der Waals surface area (Å²) in [5.41, 5.74) is 4.57. The van der Waals surface area contributed by atoms with Crippen LogP contribution < -0.4 is 10.2 Å². The van der Waals surface area contributed by atoms with Crippen molar-refractivity contribution >= 4 is 23.0 Å². The zero-order valence-corrected chi connectivity index (χ0v) is 15.1. The van der Waals surface area contributed by atoms with Crippen LogP contribution in [0.5, 0.6) is 0 Å². The first-order valence-electron chi connectivity index (χ1n) is 8.83. The Morgan fingerprint density at radius 2 is 1.85 bits per heavy atom. The molecule has 0 unspecified atom stereocenters. The normalized spacial score (nSPS) is 10.4. The highest BCUT2D eigenvalue weighted by Gasteiger charge is 2.11. The number of aromatic nitrogens is 1. The van der Waals surface area contributed by atoms with Crippen molar-refractivity contribution in [3.63, 3.8) is 0 Å². The van der Waals surface area contributed by atoms with E-state index in [1.807, 2.05) is 73.8 Å². The van der Waals surface area contributed by atoms with Crippen molar-refractivity contribution in [1.82, 2.24) is 4.98 Å². The van der Waals surface area contributed by atoms with Crippen molar-refractivity contribution < 1.29 is 4.79 Å². The number of hydrogen-bond acceptors (Lipinski definition) is 3. The Morgan fingerprint density at radius 3 is 2.58 bits per heavy atom. The van der Waals surface area contributed by atoms with E-state index in [0.29, 0.717) is 5.56 Å². The van der Waals surface area contributed by atoms with Gasteiger partial charge >= 0.3 is 0 Å². The molecule has 0 radical (unpaired) electrons. The van der Waals surface area contributed by atoms with E-state index in [4.69, 9.17) is 0 Å². The van der Waals surface area contributed by atoms with Crippen molar-refractivity contribution in [3.8, 4) is 0 Å². The summed E-state index contributed by atoms with van der Waals surface area (Å²) in [6, 6.07) is 19.5. The van der Waals surface area contributed by atoms with Crippen molar-refractivity contribution in [2.24, 2.45) is 0 Å². The second kappa shape index (κ2) is 8.30. The zero-order valence-electron chi connectivity index (χ0n) is 15.1. The maximum atomic E-state index is 12.5. The molecule has 26 heavy (non-hydrogen) atoms. The Hall–Kier alpha value is -3.14. The maximum Gasteiger partial charge on any atom is 0.255 e. The molecule has 3 aromatic rings. The van der Waals surface area contributed by atoms with Gasteiger partial charge in [0.2, 0.25) is 0 Å². The van der Waals surface area contributed by atoms with Gasteiger partial charge in [-0.1, -0.05) is 30.7 Å². The molecule has 4 nitrogen and oxygen atoms in total. The van der Waals surface area contributed by atoms with Gasteiger partial charge in [-0.05, 0) is 55.8 Å². The molecular weight excluding hydrogens is 322 g/mol. The fourth-order valence-corrected chi connectivity index (χ4v) is 2.89. The first-order valence-corrected chi connectivity index (χ1v) is 8.83. The number of pyridine rings is 1. The number of rotatable bonds is 6. The molecule has 0 fully saturated rings. The minimum Gasteiger partial charge on any atom is -0.340 e. The second-order valence-corrected chi connectivity index (χ2v) is 6.24. The van der Waals surface area contributed by atoms with Crippen LogP contribution in [-0.2, 0) is 0 Å². The van der Waals surface area contributed by atoms with Gasteiger partial charge in [0.25, 0.3) is 5.91 Å². The molecule has 3 rings (SSSR count). The van der Waals surface area contributed by atoms with Crippen molar-refractivity contribution in [3.05, 3.63) is 84.2 Å². The minimum atomic E-state index is -0.103. The van der Waals surface area contributed by atoms with Crippen LogP contribution in [-0.4, -0.2) is 17.4 Å². The third kappa shape index (κ3) is 4.28. The number of nitrogens with one attached hydrogen (secondary N) is 1. The monoisotopic (exact) mass is 345 g/mol. The summed E-state index contributed by atoms with van der Waals surface area (Å²) in [5.74, 6) is -0.103. The number of nitrogens with zero attached hydrogens (tertiary/aromatic N) is 2. The first kappa shape index (κ1) is 17.7. The smallest absolute Gasteiger partial charge is 0.255 e. The lowest BCUT2D eigenvalue weighted by Gasteiger charge is -2.24. The van der Waals surface area contributed by atoms with Crippen molar-refractivity contribution in [2.45, 2.75) is 20.3 Å². The van der Waals surface area contributed by atoms with Crippen LogP contribution in [0.25, 0.3) is 0 Å². The van der Waals surface area contributed by atoms with Crippen LogP contribution in [0.3, 0.4) is 0 Å². The van der Waals surface area contributed by atoms with E-state index in [1.165, 1.54) is 0 Å². The maximum absolute atomic E-state index is 12.5. The summed E-state index contributed by atoms with van der Waals surface area (Å²) < 4.78 is 0. The van der Waals surface area contributed by atoms with Gasteiger partial charge in [0.05, 0.1) is 11.9 Å². The molecule has 2 aromatic carbocycles. The summed E-state index contributed by atoms with van der Waals surface area (Å²) in [4.78, 5) is 18.9. The molecule has 1 amide bonds. The molecule has 1 N–H and O–H groups in total. The third-order valence-corrected chi connectivity index (χ3v) is 4.10. The Bertz CT molecular complexity index is 877. The molecule has 0 aliphatic heterocycles. The Balaban J connectivity index is 1.84. The Morgan fingerprint density at radius 1 is 1.04 bits per heavy atom. The lowest BCUT2D eigenvalue weighted by atomic mass is 10.1. The van der Waals surface area contributed by atoms with Crippen LogP contribution in [0.15, 0.2) is 73.1 Å². The van der Waals surface area contributed by atoms with Gasteiger partial charge in [0.1, 0.15) is 0 Å². The molecule has 0 atom stereocenters. The van der Waals surface area contributed by atoms with Crippen LogP contribution in [0.4, 0.5) is 17.1 Å². The van der Waals surface area contributed by atoms with Gasteiger partial charge in [0, 0.05) is 29.7 Å². The number of anilines is 3. The third-order valence-electron chi connectivity index (χ3n) is 4.10. The zero-order chi connectivity index (χ0) is 18.4. The van der Waals surface area contributed by atoms with E-state index >= 15 is 0 Å². The molecule has 0 saturated carbocycles. The first-order chi connectivity index (χ1) is 12.7. The molecule has 0 aliphatic rings. The average molecular weight is 345 g/mol. The molecule has 0 spiro atoms. The fourth-order valence-electron chi connectivity index (χ4n) is 2.89. The van der Waals surface area contributed by atoms with E-state index in [0.717, 1.165) is 35.6 Å². The van der Waals surface area contributed by atoms with Gasteiger partial charge < -0.3 is 10.2 Å². The highest BCUT2D eigenvalue weighted by Crippen LogP contribution is 2.27. The lowest BCUT2D eigenvalue weighted by molar-refractivity contribution is 0.102. The quantitative estimate of drug-likeness (QED) is 0.668. The highest BCUT2D eigenvalue weighted by molar-refractivity contribution is 6.04. The molecule has 4 heteroatoms. The topological polar surface area (TPSA) is 45.2 Å². The van der Waals surface area contributed by atoms with E-state index in [2.05, 4.69) is 22.1 Å². The number of carbonyl (C=O) groups is 1. The number of aryl methyl sites for hydroxylation is 1. The molecular formula is C22H23N3O. The van der Waals surface area contributed by atoms with Gasteiger partial charge in [-0.3, -0.25) is 9.78 Å². The molecule has 1 aromatic heterocycles. The van der Waals surface area contributed by atoms with E-state index < -0.39 is 0 Å². The highest BCUT2D eigenvalue weighted by atomic mass is 16.1. The van der Waals surface area contributed by atoms with Crippen LogP contribution >= 0.6 is 0 Å². The summed E-state index contributed by atoms with van der Waals surface area (Å²) in [6.07, 6.45) is 4.63. The lowest BCUT2D eigenvalue weighted by Crippen LogP contribution is -2.18. The van der Waals surface area contributed by atoms with E-state index in [1.54, 1.807) is 6.20 Å². The summed E-state index contributed by atoms with van der Waals surface area (Å²) in [7, 11) is 0. The molecule has 1 heterocycles. The van der Waals surface area contributed by atoms with Gasteiger partial charge in [0.15, 0.2) is 0 Å². The number of amides is 1. The molecule has 132 valence electrons.